The molecule has 0 spiro atoms. The van der Waals surface area contributed by atoms with Gasteiger partial charge in [-0.15, -0.1) is 0 Å². The van der Waals surface area contributed by atoms with E-state index in [1.54, 1.807) is 0 Å². The first-order valence-electron chi connectivity index (χ1n) is 7.97. The lowest BCUT2D eigenvalue weighted by molar-refractivity contribution is 0.0883. The lowest BCUT2D eigenvalue weighted by atomic mass is 9.99. The minimum absolute atomic E-state index is 0.677. The first kappa shape index (κ1) is 14.3. The highest BCUT2D eigenvalue weighted by Crippen LogP contribution is 2.20. The van der Waals surface area contributed by atoms with Crippen LogP contribution in [0.5, 0.6) is 0 Å². The van der Waals surface area contributed by atoms with Crippen LogP contribution in [0.1, 0.15) is 45.4 Å². The van der Waals surface area contributed by atoms with Crippen LogP contribution >= 0.6 is 0 Å². The smallest absolute Gasteiger partial charge is 0.0189 e. The summed E-state index contributed by atoms with van der Waals surface area (Å²) in [6, 6.07) is 1.56. The molecule has 2 fully saturated rings. The maximum atomic E-state index is 3.42. The van der Waals surface area contributed by atoms with Crippen LogP contribution in [0, 0.1) is 0 Å². The van der Waals surface area contributed by atoms with Crippen LogP contribution in [0.4, 0.5) is 0 Å². The number of piperidine rings is 2. The average Bonchev–Trinajstić information content (AvgIpc) is 2.46. The Kier molecular flexibility index (Phi) is 5.93. The van der Waals surface area contributed by atoms with Gasteiger partial charge in [0.2, 0.25) is 0 Å². The van der Waals surface area contributed by atoms with Gasteiger partial charge in [0, 0.05) is 18.6 Å². The van der Waals surface area contributed by atoms with E-state index in [2.05, 4.69) is 29.1 Å². The number of nitrogens with zero attached hydrogens (tertiary/aromatic N) is 2. The second-order valence-corrected chi connectivity index (χ2v) is 6.02. The van der Waals surface area contributed by atoms with Crippen molar-refractivity contribution in [3.8, 4) is 0 Å². The normalized spacial score (nSPS) is 26.3. The summed E-state index contributed by atoms with van der Waals surface area (Å²) in [4.78, 5) is 5.42. The summed E-state index contributed by atoms with van der Waals surface area (Å²) in [7, 11) is 2.09. The van der Waals surface area contributed by atoms with Crippen LogP contribution in [0.2, 0.25) is 0 Å². The summed E-state index contributed by atoms with van der Waals surface area (Å²) < 4.78 is 0. The van der Waals surface area contributed by atoms with Crippen LogP contribution in [-0.2, 0) is 0 Å². The van der Waals surface area contributed by atoms with E-state index < -0.39 is 0 Å². The van der Waals surface area contributed by atoms with Crippen LogP contribution in [-0.4, -0.2) is 61.7 Å². The SMILES string of the molecule is CCC(CN1CCC(N2CCCCC2)CC1)NC. The number of nitrogens with one attached hydrogen (secondary N) is 1. The summed E-state index contributed by atoms with van der Waals surface area (Å²) in [6.07, 6.45) is 8.33. The standard InChI is InChI=1S/C15H31N3/c1-3-14(16-2)13-17-11-7-15(8-12-17)18-9-5-4-6-10-18/h14-16H,3-13H2,1-2H3. The molecule has 2 aliphatic heterocycles. The molecule has 2 saturated heterocycles. The van der Waals surface area contributed by atoms with Gasteiger partial charge in [0.15, 0.2) is 0 Å². The zero-order valence-electron chi connectivity index (χ0n) is 12.3. The van der Waals surface area contributed by atoms with E-state index in [4.69, 9.17) is 0 Å². The van der Waals surface area contributed by atoms with Gasteiger partial charge >= 0.3 is 0 Å². The van der Waals surface area contributed by atoms with Gasteiger partial charge in [-0.2, -0.15) is 0 Å². The van der Waals surface area contributed by atoms with Crippen molar-refractivity contribution in [1.29, 1.82) is 0 Å². The molecule has 2 aliphatic rings. The minimum atomic E-state index is 0.677. The fraction of sp³-hybridized carbons (Fsp3) is 1.00. The molecule has 1 N–H and O–H groups in total. The zero-order chi connectivity index (χ0) is 12.8. The molecule has 2 heterocycles. The molecule has 3 nitrogen and oxygen atoms in total. The molecule has 0 aromatic heterocycles. The molecule has 2 rings (SSSR count). The van der Waals surface area contributed by atoms with Crippen molar-refractivity contribution in [3.63, 3.8) is 0 Å². The fourth-order valence-electron chi connectivity index (χ4n) is 3.49. The van der Waals surface area contributed by atoms with Gasteiger partial charge in [-0.1, -0.05) is 13.3 Å². The summed E-state index contributed by atoms with van der Waals surface area (Å²) in [5, 5.41) is 3.42. The van der Waals surface area contributed by atoms with E-state index >= 15 is 0 Å². The lowest BCUT2D eigenvalue weighted by Crippen LogP contribution is -2.49. The molecule has 0 amide bonds. The second kappa shape index (κ2) is 7.46. The van der Waals surface area contributed by atoms with Gasteiger partial charge in [0.25, 0.3) is 0 Å². The van der Waals surface area contributed by atoms with E-state index in [9.17, 15) is 0 Å². The van der Waals surface area contributed by atoms with Crippen molar-refractivity contribution in [2.24, 2.45) is 0 Å². The molecule has 0 aromatic rings. The summed E-state index contributed by atoms with van der Waals surface area (Å²) in [5.74, 6) is 0. The third kappa shape index (κ3) is 3.94. The molecule has 0 bridgehead atoms. The Morgan fingerprint density at radius 2 is 1.72 bits per heavy atom. The van der Waals surface area contributed by atoms with E-state index in [1.807, 2.05) is 0 Å². The fourth-order valence-corrected chi connectivity index (χ4v) is 3.49. The Bertz CT molecular complexity index is 214. The van der Waals surface area contributed by atoms with Gasteiger partial charge in [-0.25, -0.2) is 0 Å². The number of likely N-dealkylation sites (N-methyl/N-ethyl adjacent to an activating group) is 1. The topological polar surface area (TPSA) is 18.5 Å². The molecular weight excluding hydrogens is 222 g/mol. The van der Waals surface area contributed by atoms with Gasteiger partial charge in [0.1, 0.15) is 0 Å². The Morgan fingerprint density at radius 3 is 2.28 bits per heavy atom. The number of hydrogen-bond donors (Lipinski definition) is 1. The minimum Gasteiger partial charge on any atom is -0.316 e. The Labute approximate surface area is 113 Å². The first-order chi connectivity index (χ1) is 8.83. The summed E-state index contributed by atoms with van der Waals surface area (Å²) >= 11 is 0. The molecule has 0 saturated carbocycles. The lowest BCUT2D eigenvalue weighted by Gasteiger charge is -2.41. The highest BCUT2D eigenvalue weighted by atomic mass is 15.2. The van der Waals surface area contributed by atoms with E-state index in [0.29, 0.717) is 6.04 Å². The van der Waals surface area contributed by atoms with Crippen molar-refractivity contribution in [2.45, 2.75) is 57.5 Å². The number of rotatable bonds is 5. The van der Waals surface area contributed by atoms with Crippen LogP contribution in [0.15, 0.2) is 0 Å². The quantitative estimate of drug-likeness (QED) is 0.808. The van der Waals surface area contributed by atoms with Gasteiger partial charge < -0.3 is 15.1 Å². The molecule has 1 atom stereocenters. The van der Waals surface area contributed by atoms with Gasteiger partial charge in [-0.3, -0.25) is 0 Å². The maximum Gasteiger partial charge on any atom is 0.0189 e. The number of likely N-dealkylation sites (tertiary alicyclic amines) is 2. The number of hydrogen-bond acceptors (Lipinski definition) is 3. The predicted octanol–water partition coefficient (Wildman–Crippen LogP) is 1.93. The zero-order valence-corrected chi connectivity index (χ0v) is 12.3. The van der Waals surface area contributed by atoms with Gasteiger partial charge in [0.05, 0.1) is 0 Å². The third-order valence-electron chi connectivity index (χ3n) is 4.84. The molecule has 0 aromatic carbocycles. The highest BCUT2D eigenvalue weighted by molar-refractivity contribution is 4.82. The largest absolute Gasteiger partial charge is 0.316 e. The van der Waals surface area contributed by atoms with Crippen LogP contribution in [0.3, 0.4) is 0 Å². The molecule has 106 valence electrons. The Balaban J connectivity index is 1.70. The van der Waals surface area contributed by atoms with Crippen molar-refractivity contribution in [1.82, 2.24) is 15.1 Å². The average molecular weight is 253 g/mol. The molecule has 18 heavy (non-hydrogen) atoms. The summed E-state index contributed by atoms with van der Waals surface area (Å²) in [6.45, 7) is 8.84. The van der Waals surface area contributed by atoms with Crippen molar-refractivity contribution >= 4 is 0 Å². The molecular formula is C15H31N3. The second-order valence-electron chi connectivity index (χ2n) is 6.02. The third-order valence-corrected chi connectivity index (χ3v) is 4.84. The molecule has 1 unspecified atom stereocenters. The predicted molar refractivity (Wildman–Crippen MR) is 78.0 cm³/mol. The first-order valence-corrected chi connectivity index (χ1v) is 7.97. The highest BCUT2D eigenvalue weighted by Gasteiger charge is 2.25. The monoisotopic (exact) mass is 253 g/mol. The van der Waals surface area contributed by atoms with Crippen molar-refractivity contribution in [3.05, 3.63) is 0 Å². The maximum absolute atomic E-state index is 3.42. The van der Waals surface area contributed by atoms with Crippen LogP contribution < -0.4 is 5.32 Å². The van der Waals surface area contributed by atoms with Gasteiger partial charge in [-0.05, 0) is 65.3 Å². The van der Waals surface area contributed by atoms with E-state index in [0.717, 1.165) is 6.04 Å². The molecule has 3 heteroatoms. The Hall–Kier alpha value is -0.120. The van der Waals surface area contributed by atoms with Crippen LogP contribution in [0.25, 0.3) is 0 Å². The van der Waals surface area contributed by atoms with E-state index in [1.165, 1.54) is 71.2 Å². The molecule has 0 radical (unpaired) electrons. The molecule has 0 aliphatic carbocycles. The van der Waals surface area contributed by atoms with Crippen molar-refractivity contribution < 1.29 is 0 Å². The Morgan fingerprint density at radius 1 is 1.06 bits per heavy atom. The van der Waals surface area contributed by atoms with E-state index in [-0.39, 0.29) is 0 Å². The van der Waals surface area contributed by atoms with Crippen molar-refractivity contribution in [2.75, 3.05) is 39.8 Å². The summed E-state index contributed by atoms with van der Waals surface area (Å²) in [5.41, 5.74) is 0.